The molecule has 0 aromatic heterocycles. The molecule has 0 amide bonds. The van der Waals surface area contributed by atoms with Crippen LogP contribution >= 0.6 is 0 Å². The Labute approximate surface area is 206 Å². The molecule has 0 nitrogen and oxygen atoms in total. The summed E-state index contributed by atoms with van der Waals surface area (Å²) in [7, 11) is 0. The van der Waals surface area contributed by atoms with E-state index in [0.29, 0.717) is 0 Å². The molecule has 7 aromatic carbocycles. The van der Waals surface area contributed by atoms with E-state index in [1.165, 1.54) is 97.1 Å². The van der Waals surface area contributed by atoms with Gasteiger partial charge in [0.1, 0.15) is 0 Å². The van der Waals surface area contributed by atoms with Gasteiger partial charge in [-0.25, -0.2) is 0 Å². The second-order valence-electron chi connectivity index (χ2n) is 10.8. The third-order valence-corrected chi connectivity index (χ3v) is 9.15. The van der Waals surface area contributed by atoms with Gasteiger partial charge in [0.05, 0.1) is 0 Å². The van der Waals surface area contributed by atoms with Gasteiger partial charge >= 0.3 is 0 Å². The van der Waals surface area contributed by atoms with Crippen LogP contribution in [0.2, 0.25) is 0 Å². The fraction of sp³-hybridized carbons (Fsp3) is 0.257. The summed E-state index contributed by atoms with van der Waals surface area (Å²) in [5.74, 6) is 0. The van der Waals surface area contributed by atoms with Crippen molar-refractivity contribution in [2.75, 3.05) is 0 Å². The highest BCUT2D eigenvalue weighted by molar-refractivity contribution is 6.39. The van der Waals surface area contributed by atoms with E-state index in [2.05, 4.69) is 74.5 Å². The van der Waals surface area contributed by atoms with Gasteiger partial charge in [-0.05, 0) is 131 Å². The zero-order chi connectivity index (χ0) is 23.3. The number of hydrogen-bond acceptors (Lipinski definition) is 0. The molecule has 0 aliphatic heterocycles. The van der Waals surface area contributed by atoms with Crippen molar-refractivity contribution < 1.29 is 0 Å². The van der Waals surface area contributed by atoms with Crippen LogP contribution < -0.4 is 0 Å². The predicted octanol–water partition coefficient (Wildman–Crippen LogP) is 9.88. The number of benzene rings is 5. The van der Waals surface area contributed by atoms with E-state index < -0.39 is 0 Å². The molecule has 0 unspecified atom stereocenters. The van der Waals surface area contributed by atoms with Gasteiger partial charge in [0, 0.05) is 0 Å². The topological polar surface area (TPSA) is 0 Å². The summed E-state index contributed by atoms with van der Waals surface area (Å²) in [4.78, 5) is 0. The zero-order valence-corrected chi connectivity index (χ0v) is 20.7. The van der Waals surface area contributed by atoms with Crippen molar-refractivity contribution in [2.24, 2.45) is 0 Å². The van der Waals surface area contributed by atoms with Crippen LogP contribution in [0.15, 0.2) is 60.7 Å². The highest BCUT2D eigenvalue weighted by Gasteiger charge is 2.24. The van der Waals surface area contributed by atoms with Gasteiger partial charge in [-0.1, -0.05) is 74.9 Å². The van der Waals surface area contributed by atoms with E-state index in [1.54, 1.807) is 21.9 Å². The highest BCUT2D eigenvalue weighted by Crippen LogP contribution is 2.50. The average Bonchev–Trinajstić information content (AvgIpc) is 3.43. The molecule has 0 bridgehead atoms. The molecule has 8 rings (SSSR count). The van der Waals surface area contributed by atoms with E-state index in [9.17, 15) is 0 Å². The van der Waals surface area contributed by atoms with E-state index in [0.717, 1.165) is 12.8 Å². The number of aryl methyl sites for hydroxylation is 4. The molecular weight excluding hydrogens is 420 g/mol. The van der Waals surface area contributed by atoms with Crippen LogP contribution in [0.4, 0.5) is 0 Å². The summed E-state index contributed by atoms with van der Waals surface area (Å²) in [6.07, 6.45) is 8.44. The maximum atomic E-state index is 2.57. The lowest BCUT2D eigenvalue weighted by Crippen LogP contribution is -1.89. The zero-order valence-electron chi connectivity index (χ0n) is 20.7. The van der Waals surface area contributed by atoms with Crippen LogP contribution in [0.3, 0.4) is 0 Å². The fourth-order valence-corrected chi connectivity index (χ4v) is 7.59. The number of rotatable bonds is 2. The Balaban J connectivity index is 1.69. The van der Waals surface area contributed by atoms with Gasteiger partial charge in [-0.2, -0.15) is 0 Å². The smallest absolute Gasteiger partial charge is 0.00207 e. The molecule has 0 saturated carbocycles. The first-order chi connectivity index (χ1) is 17.3. The summed E-state index contributed by atoms with van der Waals surface area (Å²) in [6.45, 7) is 4.58. The Morgan fingerprint density at radius 2 is 1.14 bits per heavy atom. The van der Waals surface area contributed by atoms with Crippen molar-refractivity contribution in [2.45, 2.75) is 58.8 Å². The van der Waals surface area contributed by atoms with Crippen molar-refractivity contribution in [1.82, 2.24) is 0 Å². The molecule has 0 heteroatoms. The Morgan fingerprint density at radius 1 is 0.486 bits per heavy atom. The maximum absolute atomic E-state index is 2.57. The highest BCUT2D eigenvalue weighted by atomic mass is 14.3. The van der Waals surface area contributed by atoms with Crippen LogP contribution in [-0.4, -0.2) is 0 Å². The van der Waals surface area contributed by atoms with E-state index in [1.807, 2.05) is 0 Å². The Bertz CT molecular complexity index is 1930. The molecule has 170 valence electrons. The third kappa shape index (κ3) is 2.43. The summed E-state index contributed by atoms with van der Waals surface area (Å²) < 4.78 is 0. The van der Waals surface area contributed by atoms with E-state index in [4.69, 9.17) is 0 Å². The standard InChI is InChI=1S/C35H30/c1-3-20-14-18-28-32-23(20)11-8-12-25(32)29-19-30-26-17-13-21(4-2)24-16-15-22-9-6-5-7-10-27(33(28)29)35(30)31(22)34(24)26/h8,11-19H,3-7,9-10H2,1-2H3. The lowest BCUT2D eigenvalue weighted by molar-refractivity contribution is 0.685. The molecule has 0 fully saturated rings. The van der Waals surface area contributed by atoms with Crippen LogP contribution in [-0.2, 0) is 25.7 Å². The molecular formula is C35H30. The summed E-state index contributed by atoms with van der Waals surface area (Å²) in [6, 6.07) is 24.1. The quantitative estimate of drug-likeness (QED) is 0.246. The molecule has 7 aromatic rings. The minimum atomic E-state index is 1.08. The van der Waals surface area contributed by atoms with Crippen molar-refractivity contribution in [3.8, 4) is 0 Å². The fourth-order valence-electron chi connectivity index (χ4n) is 7.59. The van der Waals surface area contributed by atoms with Gasteiger partial charge in [-0.3, -0.25) is 0 Å². The maximum Gasteiger partial charge on any atom is -0.00207 e. The third-order valence-electron chi connectivity index (χ3n) is 9.15. The SMILES string of the molecule is CCc1ccc2c3c4c5c(cc3c3cccc1c32)c1ccc(CC)c2ccc(c5c21)CCCCC4. The van der Waals surface area contributed by atoms with Gasteiger partial charge in [0.15, 0.2) is 0 Å². The normalized spacial score (nSPS) is 14.8. The number of fused-ring (bicyclic) bond motifs is 5. The van der Waals surface area contributed by atoms with Gasteiger partial charge < -0.3 is 0 Å². The lowest BCUT2D eigenvalue weighted by Gasteiger charge is -2.10. The first kappa shape index (κ1) is 19.9. The molecule has 1 aliphatic carbocycles. The Kier molecular flexibility index (Phi) is 4.02. The Hall–Kier alpha value is -3.38. The van der Waals surface area contributed by atoms with Crippen molar-refractivity contribution in [3.05, 3.63) is 82.9 Å². The summed E-state index contributed by atoms with van der Waals surface area (Å²) in [5, 5.41) is 17.9. The second kappa shape index (κ2) is 7.08. The van der Waals surface area contributed by atoms with Gasteiger partial charge in [0.25, 0.3) is 0 Å². The average molecular weight is 451 g/mol. The largest absolute Gasteiger partial charge is 0.0613 e. The molecule has 0 spiro atoms. The lowest BCUT2D eigenvalue weighted by atomic mass is 9.93. The van der Waals surface area contributed by atoms with E-state index >= 15 is 0 Å². The molecule has 0 heterocycles. The van der Waals surface area contributed by atoms with Crippen molar-refractivity contribution in [1.29, 1.82) is 0 Å². The molecule has 0 saturated heterocycles. The second-order valence-corrected chi connectivity index (χ2v) is 10.8. The van der Waals surface area contributed by atoms with Crippen molar-refractivity contribution in [3.63, 3.8) is 0 Å². The molecule has 0 atom stereocenters. The van der Waals surface area contributed by atoms with Crippen LogP contribution in [0.5, 0.6) is 0 Å². The van der Waals surface area contributed by atoms with Gasteiger partial charge in [0.2, 0.25) is 0 Å². The molecule has 0 radical (unpaired) electrons. The number of hydrogen-bond donors (Lipinski definition) is 0. The molecule has 0 N–H and O–H groups in total. The van der Waals surface area contributed by atoms with E-state index in [-0.39, 0.29) is 0 Å². The first-order valence-corrected chi connectivity index (χ1v) is 13.6. The van der Waals surface area contributed by atoms with Gasteiger partial charge in [-0.15, -0.1) is 0 Å². The van der Waals surface area contributed by atoms with Crippen LogP contribution in [0, 0.1) is 0 Å². The molecule has 35 heavy (non-hydrogen) atoms. The summed E-state index contributed by atoms with van der Waals surface area (Å²) >= 11 is 0. The molecule has 1 aliphatic rings. The van der Waals surface area contributed by atoms with Crippen LogP contribution in [0.25, 0.3) is 64.6 Å². The minimum absolute atomic E-state index is 1.08. The van der Waals surface area contributed by atoms with Crippen LogP contribution in [0.1, 0.15) is 55.4 Å². The Morgan fingerprint density at radius 3 is 1.97 bits per heavy atom. The minimum Gasteiger partial charge on any atom is -0.0613 e. The monoisotopic (exact) mass is 450 g/mol. The summed E-state index contributed by atoms with van der Waals surface area (Å²) in [5.41, 5.74) is 6.13. The first-order valence-electron chi connectivity index (χ1n) is 13.6. The van der Waals surface area contributed by atoms with Crippen molar-refractivity contribution >= 4 is 64.6 Å². The predicted molar refractivity (Wildman–Crippen MR) is 154 cm³/mol.